The Morgan fingerprint density at radius 1 is 0.387 bits per heavy atom. The molecule has 0 radical (unpaired) electrons. The normalized spacial score (nSPS) is 12.8. The molecule has 11 heteroatoms. The molecule has 0 aromatic carbocycles. The molecule has 364 valence electrons. The number of ether oxygens (including phenoxy) is 5. The molecular formula is C51H95NO10. The van der Waals surface area contributed by atoms with Gasteiger partial charge >= 0.3 is 29.8 Å². The van der Waals surface area contributed by atoms with Crippen LogP contribution in [-0.4, -0.2) is 87.9 Å². The van der Waals surface area contributed by atoms with Crippen LogP contribution < -0.4 is 0 Å². The van der Waals surface area contributed by atoms with Crippen molar-refractivity contribution in [3.05, 3.63) is 0 Å². The van der Waals surface area contributed by atoms with E-state index in [0.29, 0.717) is 58.3 Å². The van der Waals surface area contributed by atoms with Crippen LogP contribution in [0.5, 0.6) is 0 Å². The smallest absolute Gasteiger partial charge is 0.348 e. The van der Waals surface area contributed by atoms with Crippen molar-refractivity contribution in [2.45, 2.75) is 239 Å². The second kappa shape index (κ2) is 43.6. The van der Waals surface area contributed by atoms with Crippen LogP contribution in [0, 0.1) is 11.8 Å². The highest BCUT2D eigenvalue weighted by Gasteiger charge is 2.28. The summed E-state index contributed by atoms with van der Waals surface area (Å²) in [7, 11) is 3.66. The lowest BCUT2D eigenvalue weighted by Crippen LogP contribution is -2.33. The van der Waals surface area contributed by atoms with E-state index in [2.05, 4.69) is 27.7 Å². The van der Waals surface area contributed by atoms with Gasteiger partial charge in [0.05, 0.1) is 51.1 Å². The molecule has 3 atom stereocenters. The largest absolute Gasteiger partial charge is 0.466 e. The summed E-state index contributed by atoms with van der Waals surface area (Å²) in [5.74, 6) is -2.29. The number of hydrogen-bond donors (Lipinski definition) is 0. The van der Waals surface area contributed by atoms with Gasteiger partial charge in [-0.05, 0) is 78.3 Å². The third kappa shape index (κ3) is 36.8. The van der Waals surface area contributed by atoms with Gasteiger partial charge in [-0.1, -0.05) is 156 Å². The summed E-state index contributed by atoms with van der Waals surface area (Å²) in [6.07, 6.45) is 29.2. The summed E-state index contributed by atoms with van der Waals surface area (Å²) in [5, 5.41) is 0. The lowest BCUT2D eigenvalue weighted by molar-refractivity contribution is -0.172. The van der Waals surface area contributed by atoms with Crippen molar-refractivity contribution in [3.8, 4) is 0 Å². The van der Waals surface area contributed by atoms with E-state index < -0.39 is 30.4 Å². The Bertz CT molecular complexity index is 1100. The van der Waals surface area contributed by atoms with Crippen molar-refractivity contribution in [2.75, 3.05) is 47.1 Å². The lowest BCUT2D eigenvalue weighted by Gasteiger charge is -2.18. The Morgan fingerprint density at radius 2 is 0.710 bits per heavy atom. The van der Waals surface area contributed by atoms with Gasteiger partial charge in [0.25, 0.3) is 0 Å². The number of rotatable bonds is 45. The molecule has 0 N–H and O–H groups in total. The minimum Gasteiger partial charge on any atom is -0.466 e. The van der Waals surface area contributed by atoms with Crippen molar-refractivity contribution < 1.29 is 47.7 Å². The van der Waals surface area contributed by atoms with Crippen LogP contribution in [0.15, 0.2) is 0 Å². The van der Waals surface area contributed by atoms with Gasteiger partial charge in [-0.2, -0.15) is 0 Å². The first-order valence-electron chi connectivity index (χ1n) is 25.6. The molecule has 0 rings (SSSR count). The van der Waals surface area contributed by atoms with E-state index in [1.807, 2.05) is 19.0 Å². The number of carbonyl (C=O) groups is 5. The standard InChI is InChI=1S/C51H95NO10/c1-7-11-15-19-21-27-35-44(33-25-17-13-9-3)49(55)59-40-30-23-29-39-58-48(54)43-46(62-47(53)37-38-52(5)6)51(57)61-42-32-24-31-41-60-50(56)45(34-26-18-14-10-4)36-28-22-20-16-12-8-2/h44-46H,7-43H2,1-6H3. The molecule has 0 bridgehead atoms. The molecule has 0 aliphatic rings. The third-order valence-electron chi connectivity index (χ3n) is 11.5. The van der Waals surface area contributed by atoms with E-state index in [0.717, 1.165) is 70.6 Å². The van der Waals surface area contributed by atoms with Crippen LogP contribution in [-0.2, 0) is 47.7 Å². The molecule has 11 nitrogen and oxygen atoms in total. The van der Waals surface area contributed by atoms with Gasteiger partial charge in [-0.25, -0.2) is 4.79 Å². The van der Waals surface area contributed by atoms with Crippen LogP contribution >= 0.6 is 0 Å². The summed E-state index contributed by atoms with van der Waals surface area (Å²) >= 11 is 0. The van der Waals surface area contributed by atoms with Gasteiger partial charge in [-0.15, -0.1) is 0 Å². The fourth-order valence-corrected chi connectivity index (χ4v) is 7.45. The Balaban J connectivity index is 4.72. The van der Waals surface area contributed by atoms with Crippen LogP contribution in [0.2, 0.25) is 0 Å². The maximum Gasteiger partial charge on any atom is 0.348 e. The van der Waals surface area contributed by atoms with Gasteiger partial charge in [-0.3, -0.25) is 19.2 Å². The summed E-state index contributed by atoms with van der Waals surface area (Å²) in [6.45, 7) is 10.2. The Hall–Kier alpha value is -2.69. The van der Waals surface area contributed by atoms with E-state index >= 15 is 0 Å². The minimum atomic E-state index is -1.40. The molecule has 0 spiro atoms. The fraction of sp³-hybridized carbons (Fsp3) is 0.902. The first kappa shape index (κ1) is 59.3. The zero-order valence-corrected chi connectivity index (χ0v) is 40.9. The molecule has 0 aromatic rings. The maximum absolute atomic E-state index is 13.0. The molecule has 0 heterocycles. The molecule has 0 aliphatic heterocycles. The molecule has 3 unspecified atom stereocenters. The molecule has 0 saturated carbocycles. The summed E-state index contributed by atoms with van der Waals surface area (Å²) in [6, 6.07) is 0. The second-order valence-electron chi connectivity index (χ2n) is 17.8. The average Bonchev–Trinajstić information content (AvgIpc) is 3.25. The van der Waals surface area contributed by atoms with Gasteiger partial charge in [0.2, 0.25) is 6.10 Å². The number of hydrogen-bond acceptors (Lipinski definition) is 11. The van der Waals surface area contributed by atoms with Crippen molar-refractivity contribution in [3.63, 3.8) is 0 Å². The molecular weight excluding hydrogens is 787 g/mol. The van der Waals surface area contributed by atoms with Crippen LogP contribution in [0.3, 0.4) is 0 Å². The predicted molar refractivity (Wildman–Crippen MR) is 250 cm³/mol. The average molecular weight is 882 g/mol. The van der Waals surface area contributed by atoms with Crippen LogP contribution in [0.4, 0.5) is 0 Å². The third-order valence-corrected chi connectivity index (χ3v) is 11.5. The van der Waals surface area contributed by atoms with Crippen LogP contribution in [0.25, 0.3) is 0 Å². The lowest BCUT2D eigenvalue weighted by atomic mass is 9.94. The molecule has 0 fully saturated rings. The maximum atomic E-state index is 13.0. The van der Waals surface area contributed by atoms with Gasteiger partial charge < -0.3 is 28.6 Å². The SMILES string of the molecule is CCCCCCCCC(CCCCCC)C(=O)OCCCCCOC(=O)CC(OC(=O)CCN(C)C)C(=O)OCCCCCOC(=O)C(CCCCCC)CCCCCCCC. The quantitative estimate of drug-likeness (QED) is 0.0328. The Morgan fingerprint density at radius 3 is 1.10 bits per heavy atom. The van der Waals surface area contributed by atoms with E-state index in [1.165, 1.54) is 83.5 Å². The highest BCUT2D eigenvalue weighted by atomic mass is 16.6. The summed E-state index contributed by atoms with van der Waals surface area (Å²) in [4.78, 5) is 66.0. The summed E-state index contributed by atoms with van der Waals surface area (Å²) in [5.41, 5.74) is 0. The highest BCUT2D eigenvalue weighted by Crippen LogP contribution is 2.22. The second-order valence-corrected chi connectivity index (χ2v) is 17.8. The Kier molecular flexibility index (Phi) is 41.7. The van der Waals surface area contributed by atoms with Crippen molar-refractivity contribution in [1.29, 1.82) is 0 Å². The Labute approximate surface area is 379 Å². The zero-order valence-electron chi connectivity index (χ0n) is 40.9. The van der Waals surface area contributed by atoms with Gasteiger partial charge in [0, 0.05) is 6.54 Å². The van der Waals surface area contributed by atoms with Gasteiger partial charge in [0.1, 0.15) is 0 Å². The number of unbranched alkanes of at least 4 members (excludes halogenated alkanes) is 20. The monoisotopic (exact) mass is 882 g/mol. The van der Waals surface area contributed by atoms with Crippen LogP contribution in [0.1, 0.15) is 233 Å². The molecule has 62 heavy (non-hydrogen) atoms. The van der Waals surface area contributed by atoms with Crippen molar-refractivity contribution in [1.82, 2.24) is 4.90 Å². The van der Waals surface area contributed by atoms with E-state index in [1.54, 1.807) is 0 Å². The molecule has 0 aliphatic carbocycles. The number of carbonyl (C=O) groups excluding carboxylic acids is 5. The van der Waals surface area contributed by atoms with Gasteiger partial charge in [0.15, 0.2) is 0 Å². The topological polar surface area (TPSA) is 135 Å². The first-order valence-corrected chi connectivity index (χ1v) is 25.6. The zero-order chi connectivity index (χ0) is 45.9. The predicted octanol–water partition coefficient (Wildman–Crippen LogP) is 12.4. The first-order chi connectivity index (χ1) is 30.1. The van der Waals surface area contributed by atoms with E-state index in [-0.39, 0.29) is 43.4 Å². The summed E-state index contributed by atoms with van der Waals surface area (Å²) < 4.78 is 27.6. The number of nitrogens with zero attached hydrogens (tertiary/aromatic N) is 1. The molecule has 0 aromatic heterocycles. The van der Waals surface area contributed by atoms with Crippen molar-refractivity contribution in [2.24, 2.45) is 11.8 Å². The molecule has 0 amide bonds. The molecule has 0 saturated heterocycles. The number of esters is 5. The fourth-order valence-electron chi connectivity index (χ4n) is 7.45. The van der Waals surface area contributed by atoms with Crippen molar-refractivity contribution >= 4 is 29.8 Å². The highest BCUT2D eigenvalue weighted by molar-refractivity contribution is 5.84. The minimum absolute atomic E-state index is 0.0330. The van der Waals surface area contributed by atoms with E-state index in [9.17, 15) is 24.0 Å². The van der Waals surface area contributed by atoms with E-state index in [4.69, 9.17) is 23.7 Å².